The zero-order chi connectivity index (χ0) is 23.2. The molecule has 0 saturated heterocycles. The molecule has 2 N–H and O–H groups in total. The Morgan fingerprint density at radius 2 is 1.94 bits per heavy atom. The molecule has 4 nitrogen and oxygen atoms in total. The first-order valence-electron chi connectivity index (χ1n) is 11.7. The second-order valence-electron chi connectivity index (χ2n) is 8.78. The second kappa shape index (κ2) is 10.9. The first kappa shape index (κ1) is 23.3. The summed E-state index contributed by atoms with van der Waals surface area (Å²) in [6.07, 6.45) is 3.82. The van der Waals surface area contributed by atoms with Crippen LogP contribution in [-0.2, 0) is 19.4 Å². The molecule has 0 bridgehead atoms. The van der Waals surface area contributed by atoms with Gasteiger partial charge in [-0.1, -0.05) is 48.0 Å². The van der Waals surface area contributed by atoms with E-state index in [2.05, 4.69) is 23.2 Å². The van der Waals surface area contributed by atoms with Crippen LogP contribution in [0, 0.1) is 0 Å². The number of fused-ring (bicyclic) bond motifs is 1. The van der Waals surface area contributed by atoms with Crippen molar-refractivity contribution in [2.45, 2.75) is 45.2 Å². The van der Waals surface area contributed by atoms with Gasteiger partial charge in [-0.2, -0.15) is 0 Å². The minimum atomic E-state index is -0.0175. The minimum absolute atomic E-state index is 0.0175. The summed E-state index contributed by atoms with van der Waals surface area (Å²) in [7, 11) is 0. The minimum Gasteiger partial charge on any atom is -0.508 e. The molecule has 3 aromatic carbocycles. The van der Waals surface area contributed by atoms with Crippen LogP contribution in [0.4, 0.5) is 0 Å². The van der Waals surface area contributed by atoms with Crippen LogP contribution in [0.1, 0.15) is 58.4 Å². The molecule has 0 aliphatic carbocycles. The van der Waals surface area contributed by atoms with Crippen molar-refractivity contribution >= 4 is 17.5 Å². The fourth-order valence-corrected chi connectivity index (χ4v) is 4.82. The molecule has 0 spiro atoms. The van der Waals surface area contributed by atoms with Crippen LogP contribution in [0.2, 0.25) is 5.02 Å². The number of aromatic hydroxyl groups is 1. The van der Waals surface area contributed by atoms with Crippen molar-refractivity contribution in [1.29, 1.82) is 0 Å². The topological polar surface area (TPSA) is 52.6 Å². The van der Waals surface area contributed by atoms with Gasteiger partial charge >= 0.3 is 0 Å². The van der Waals surface area contributed by atoms with Crippen LogP contribution in [-0.4, -0.2) is 29.0 Å². The summed E-state index contributed by atoms with van der Waals surface area (Å²) in [5.74, 6) is 0.286. The molecule has 1 heterocycles. The number of rotatable bonds is 8. The highest BCUT2D eigenvalue weighted by Crippen LogP contribution is 2.33. The van der Waals surface area contributed by atoms with Gasteiger partial charge in [0.2, 0.25) is 0 Å². The molecule has 3 aromatic rings. The van der Waals surface area contributed by atoms with Gasteiger partial charge in [-0.05, 0) is 85.2 Å². The van der Waals surface area contributed by atoms with E-state index in [9.17, 15) is 9.90 Å². The van der Waals surface area contributed by atoms with Gasteiger partial charge in [-0.3, -0.25) is 9.69 Å². The normalized spacial score (nSPS) is 15.8. The maximum absolute atomic E-state index is 12.9. The van der Waals surface area contributed by atoms with E-state index in [1.165, 1.54) is 16.7 Å². The lowest BCUT2D eigenvalue weighted by Gasteiger charge is -2.35. The van der Waals surface area contributed by atoms with Crippen molar-refractivity contribution in [3.63, 3.8) is 0 Å². The number of nitrogens with one attached hydrogen (secondary N) is 1. The predicted octanol–water partition coefficient (Wildman–Crippen LogP) is 5.92. The van der Waals surface area contributed by atoms with Gasteiger partial charge in [0.05, 0.1) is 0 Å². The van der Waals surface area contributed by atoms with Gasteiger partial charge in [0, 0.05) is 36.3 Å². The number of hydrogen-bond acceptors (Lipinski definition) is 3. The largest absolute Gasteiger partial charge is 0.508 e. The maximum Gasteiger partial charge on any atom is 0.251 e. The lowest BCUT2D eigenvalue weighted by molar-refractivity contribution is 0.0949. The molecule has 172 valence electrons. The molecule has 0 radical (unpaired) electrons. The Balaban J connectivity index is 1.33. The quantitative estimate of drug-likeness (QED) is 0.408. The summed E-state index contributed by atoms with van der Waals surface area (Å²) >= 11 is 6.05. The molecule has 0 fully saturated rings. The first-order valence-corrected chi connectivity index (χ1v) is 12.1. The van der Waals surface area contributed by atoms with E-state index in [0.29, 0.717) is 18.8 Å². The average Bonchev–Trinajstić information content (AvgIpc) is 2.81. The Labute approximate surface area is 201 Å². The summed E-state index contributed by atoms with van der Waals surface area (Å²) in [5, 5.41) is 13.8. The number of amides is 1. The van der Waals surface area contributed by atoms with Crippen molar-refractivity contribution in [3.05, 3.63) is 99.6 Å². The molecule has 1 aliphatic heterocycles. The zero-order valence-corrected chi connectivity index (χ0v) is 19.8. The van der Waals surface area contributed by atoms with E-state index in [-0.39, 0.29) is 11.9 Å². The van der Waals surface area contributed by atoms with E-state index in [4.69, 9.17) is 11.6 Å². The molecular formula is C28H31ClN2O2. The number of hydrogen-bond donors (Lipinski definition) is 2. The smallest absolute Gasteiger partial charge is 0.251 e. The average molecular weight is 463 g/mol. The number of halogens is 1. The number of phenols is 1. The predicted molar refractivity (Wildman–Crippen MR) is 134 cm³/mol. The number of aryl methyl sites for hydroxylation is 1. The zero-order valence-electron chi connectivity index (χ0n) is 19.1. The van der Waals surface area contributed by atoms with Gasteiger partial charge in [-0.25, -0.2) is 0 Å². The van der Waals surface area contributed by atoms with Crippen LogP contribution in [0.25, 0.3) is 0 Å². The summed E-state index contributed by atoms with van der Waals surface area (Å²) in [6, 6.07) is 21.6. The van der Waals surface area contributed by atoms with Crippen LogP contribution >= 0.6 is 11.6 Å². The number of phenolic OH excluding ortho intramolecular Hbond substituents is 1. The van der Waals surface area contributed by atoms with Crippen LogP contribution in [0.5, 0.6) is 5.75 Å². The Morgan fingerprint density at radius 1 is 1.09 bits per heavy atom. The molecule has 1 atom stereocenters. The monoisotopic (exact) mass is 462 g/mol. The first-order chi connectivity index (χ1) is 16.0. The van der Waals surface area contributed by atoms with Crippen LogP contribution in [0.15, 0.2) is 66.7 Å². The van der Waals surface area contributed by atoms with E-state index in [0.717, 1.165) is 48.4 Å². The van der Waals surface area contributed by atoms with Crippen molar-refractivity contribution in [1.82, 2.24) is 10.2 Å². The Hall–Kier alpha value is -2.82. The van der Waals surface area contributed by atoms with Crippen molar-refractivity contribution in [2.24, 2.45) is 0 Å². The van der Waals surface area contributed by atoms with Crippen molar-refractivity contribution in [2.75, 3.05) is 13.1 Å². The summed E-state index contributed by atoms with van der Waals surface area (Å²) in [5.41, 5.74) is 5.46. The van der Waals surface area contributed by atoms with Crippen LogP contribution in [0.3, 0.4) is 0 Å². The molecular weight excluding hydrogens is 432 g/mol. The number of benzene rings is 3. The summed E-state index contributed by atoms with van der Waals surface area (Å²) in [4.78, 5) is 15.3. The fourth-order valence-electron chi connectivity index (χ4n) is 4.61. The fraction of sp³-hybridized carbons (Fsp3) is 0.321. The number of unbranched alkanes of at least 4 members (excludes halogenated alkanes) is 1. The maximum atomic E-state index is 12.9. The third-order valence-electron chi connectivity index (χ3n) is 6.50. The summed E-state index contributed by atoms with van der Waals surface area (Å²) < 4.78 is 0. The Morgan fingerprint density at radius 3 is 2.79 bits per heavy atom. The molecule has 33 heavy (non-hydrogen) atoms. The highest BCUT2D eigenvalue weighted by molar-refractivity contribution is 6.30. The highest BCUT2D eigenvalue weighted by Gasteiger charge is 2.25. The van der Waals surface area contributed by atoms with E-state index >= 15 is 0 Å². The Kier molecular flexibility index (Phi) is 7.69. The molecule has 0 aromatic heterocycles. The molecule has 1 unspecified atom stereocenters. The third kappa shape index (κ3) is 5.95. The molecule has 0 saturated carbocycles. The molecule has 5 heteroatoms. The van der Waals surface area contributed by atoms with Crippen molar-refractivity contribution in [3.8, 4) is 5.75 Å². The molecule has 1 aliphatic rings. The number of nitrogens with zero attached hydrogens (tertiary/aromatic N) is 1. The SMILES string of the molecule is CC1c2cc(O)ccc2CCN1Cc1ccccc1C(=O)NCCCCc1cccc(Cl)c1. The number of carbonyl (C=O) groups is 1. The number of carbonyl (C=O) groups excluding carboxylic acids is 1. The highest BCUT2D eigenvalue weighted by atomic mass is 35.5. The lowest BCUT2D eigenvalue weighted by Crippen LogP contribution is -2.34. The lowest BCUT2D eigenvalue weighted by atomic mass is 9.92. The van der Waals surface area contributed by atoms with Gasteiger partial charge in [0.15, 0.2) is 0 Å². The molecule has 4 rings (SSSR count). The van der Waals surface area contributed by atoms with Gasteiger partial charge in [0.25, 0.3) is 5.91 Å². The van der Waals surface area contributed by atoms with Crippen LogP contribution < -0.4 is 5.32 Å². The van der Waals surface area contributed by atoms with E-state index in [1.54, 1.807) is 6.07 Å². The van der Waals surface area contributed by atoms with E-state index < -0.39 is 0 Å². The Bertz CT molecular complexity index is 1110. The van der Waals surface area contributed by atoms with Gasteiger partial charge in [-0.15, -0.1) is 0 Å². The van der Waals surface area contributed by atoms with E-state index in [1.807, 2.05) is 54.6 Å². The standard InChI is InChI=1S/C28H31ClN2O2/c1-20-27-18-25(32)13-12-22(27)14-16-31(20)19-23-9-2-3-11-26(23)28(33)30-15-5-4-7-21-8-6-10-24(29)17-21/h2-3,6,8-13,17-18,20,32H,4-5,7,14-16,19H2,1H3,(H,30,33). The van der Waals surface area contributed by atoms with Gasteiger partial charge < -0.3 is 10.4 Å². The summed E-state index contributed by atoms with van der Waals surface area (Å²) in [6.45, 7) is 4.45. The van der Waals surface area contributed by atoms with Crippen molar-refractivity contribution < 1.29 is 9.90 Å². The second-order valence-corrected chi connectivity index (χ2v) is 9.22. The van der Waals surface area contributed by atoms with Gasteiger partial charge in [0.1, 0.15) is 5.75 Å². The molecule has 1 amide bonds. The third-order valence-corrected chi connectivity index (χ3v) is 6.73.